The van der Waals surface area contributed by atoms with Crippen LogP contribution in [0.4, 0.5) is 0 Å². The third-order valence-corrected chi connectivity index (χ3v) is 6.07. The molecule has 1 saturated carbocycles. The molecule has 0 spiro atoms. The molecule has 168 valence electrons. The molecule has 1 unspecified atom stereocenters. The van der Waals surface area contributed by atoms with Crippen LogP contribution in [0.2, 0.25) is 0 Å². The van der Waals surface area contributed by atoms with Crippen LogP contribution in [-0.4, -0.2) is 61.9 Å². The van der Waals surface area contributed by atoms with Crippen LogP contribution in [-0.2, 0) is 17.9 Å². The Balaban J connectivity index is 0.00000320. The van der Waals surface area contributed by atoms with Crippen molar-refractivity contribution in [1.82, 2.24) is 20.4 Å². The monoisotopic (exact) mass is 527 g/mol. The molecular formula is C23H38IN5O. The van der Waals surface area contributed by atoms with E-state index >= 15 is 0 Å². The SMILES string of the molecule is CN=C(NCc1ccccc1CN(C)C)NC1CCN(C(=O)C2CCCCC2)C1.I. The Morgan fingerprint density at radius 3 is 2.50 bits per heavy atom. The molecule has 1 amide bonds. The molecule has 1 aromatic rings. The summed E-state index contributed by atoms with van der Waals surface area (Å²) in [4.78, 5) is 21.4. The summed E-state index contributed by atoms with van der Waals surface area (Å²) in [7, 11) is 5.98. The highest BCUT2D eigenvalue weighted by Crippen LogP contribution is 2.26. The van der Waals surface area contributed by atoms with Gasteiger partial charge in [0.25, 0.3) is 0 Å². The van der Waals surface area contributed by atoms with Crippen LogP contribution in [0.15, 0.2) is 29.3 Å². The Hall–Kier alpha value is -1.35. The van der Waals surface area contributed by atoms with Gasteiger partial charge in [0.2, 0.25) is 5.91 Å². The van der Waals surface area contributed by atoms with Gasteiger partial charge in [0.05, 0.1) is 0 Å². The van der Waals surface area contributed by atoms with Crippen molar-refractivity contribution in [3.05, 3.63) is 35.4 Å². The van der Waals surface area contributed by atoms with Crippen molar-refractivity contribution < 1.29 is 4.79 Å². The summed E-state index contributed by atoms with van der Waals surface area (Å²) in [5.41, 5.74) is 2.61. The van der Waals surface area contributed by atoms with E-state index in [1.165, 1.54) is 30.4 Å². The Morgan fingerprint density at radius 1 is 1.13 bits per heavy atom. The maximum atomic E-state index is 12.8. The predicted octanol–water partition coefficient (Wildman–Crippen LogP) is 3.21. The number of benzene rings is 1. The predicted molar refractivity (Wildman–Crippen MR) is 134 cm³/mol. The molecule has 0 bridgehead atoms. The number of carbonyl (C=O) groups excluding carboxylic acids is 1. The van der Waals surface area contributed by atoms with Gasteiger partial charge in [-0.2, -0.15) is 0 Å². The first-order valence-corrected chi connectivity index (χ1v) is 11.0. The Labute approximate surface area is 198 Å². The van der Waals surface area contributed by atoms with E-state index in [2.05, 4.69) is 63.8 Å². The second-order valence-corrected chi connectivity index (χ2v) is 8.68. The number of amides is 1. The highest BCUT2D eigenvalue weighted by molar-refractivity contribution is 14.0. The number of guanidine groups is 1. The highest BCUT2D eigenvalue weighted by Gasteiger charge is 2.31. The summed E-state index contributed by atoms with van der Waals surface area (Å²) in [6.45, 7) is 3.30. The first-order chi connectivity index (χ1) is 14.1. The second-order valence-electron chi connectivity index (χ2n) is 8.68. The summed E-state index contributed by atoms with van der Waals surface area (Å²) in [5, 5.41) is 6.97. The molecule has 0 radical (unpaired) electrons. The molecule has 3 rings (SSSR count). The van der Waals surface area contributed by atoms with Gasteiger partial charge in [0, 0.05) is 45.2 Å². The topological polar surface area (TPSA) is 60.0 Å². The van der Waals surface area contributed by atoms with E-state index in [9.17, 15) is 4.79 Å². The van der Waals surface area contributed by atoms with Crippen molar-refractivity contribution in [3.63, 3.8) is 0 Å². The smallest absolute Gasteiger partial charge is 0.225 e. The van der Waals surface area contributed by atoms with Crippen molar-refractivity contribution >= 4 is 35.8 Å². The van der Waals surface area contributed by atoms with Crippen LogP contribution in [0.1, 0.15) is 49.7 Å². The number of halogens is 1. The molecule has 1 saturated heterocycles. The largest absolute Gasteiger partial charge is 0.352 e. The Morgan fingerprint density at radius 2 is 1.83 bits per heavy atom. The molecule has 2 N–H and O–H groups in total. The number of carbonyl (C=O) groups is 1. The van der Waals surface area contributed by atoms with Crippen LogP contribution in [0, 0.1) is 5.92 Å². The van der Waals surface area contributed by atoms with Crippen LogP contribution >= 0.6 is 24.0 Å². The molecule has 6 nitrogen and oxygen atoms in total. The third kappa shape index (κ3) is 7.11. The summed E-state index contributed by atoms with van der Waals surface area (Å²) < 4.78 is 0. The molecule has 1 aliphatic carbocycles. The van der Waals surface area contributed by atoms with Gasteiger partial charge < -0.3 is 20.4 Å². The van der Waals surface area contributed by atoms with Crippen molar-refractivity contribution in [2.45, 2.75) is 57.7 Å². The van der Waals surface area contributed by atoms with Gasteiger partial charge in [-0.15, -0.1) is 24.0 Å². The third-order valence-electron chi connectivity index (χ3n) is 6.07. The molecule has 1 aromatic carbocycles. The van der Waals surface area contributed by atoms with Crippen LogP contribution in [0.3, 0.4) is 0 Å². The molecule has 30 heavy (non-hydrogen) atoms. The van der Waals surface area contributed by atoms with Gasteiger partial charge >= 0.3 is 0 Å². The quantitative estimate of drug-likeness (QED) is 0.339. The maximum absolute atomic E-state index is 12.8. The minimum atomic E-state index is 0. The van der Waals surface area contributed by atoms with Crippen LogP contribution in [0.5, 0.6) is 0 Å². The van der Waals surface area contributed by atoms with E-state index in [0.29, 0.717) is 5.91 Å². The fourth-order valence-electron chi connectivity index (χ4n) is 4.48. The summed E-state index contributed by atoms with van der Waals surface area (Å²) >= 11 is 0. The first-order valence-electron chi connectivity index (χ1n) is 11.0. The minimum absolute atomic E-state index is 0. The lowest BCUT2D eigenvalue weighted by Crippen LogP contribution is -2.45. The highest BCUT2D eigenvalue weighted by atomic mass is 127. The van der Waals surface area contributed by atoms with Gasteiger partial charge in [0.1, 0.15) is 0 Å². The minimum Gasteiger partial charge on any atom is -0.352 e. The lowest BCUT2D eigenvalue weighted by Gasteiger charge is -2.26. The van der Waals surface area contributed by atoms with Crippen LogP contribution in [0.25, 0.3) is 0 Å². The average molecular weight is 527 g/mol. The number of nitrogens with one attached hydrogen (secondary N) is 2. The van der Waals surface area contributed by atoms with E-state index in [-0.39, 0.29) is 35.9 Å². The summed E-state index contributed by atoms with van der Waals surface area (Å²) in [6.07, 6.45) is 6.82. The van der Waals surface area contributed by atoms with Crippen molar-refractivity contribution in [3.8, 4) is 0 Å². The van der Waals surface area contributed by atoms with Gasteiger partial charge in [-0.3, -0.25) is 9.79 Å². The number of hydrogen-bond acceptors (Lipinski definition) is 3. The summed E-state index contributed by atoms with van der Waals surface area (Å²) in [5.74, 6) is 1.43. The normalized spacial score (nSPS) is 20.2. The van der Waals surface area contributed by atoms with E-state index in [0.717, 1.165) is 51.4 Å². The van der Waals surface area contributed by atoms with Gasteiger partial charge in [-0.1, -0.05) is 43.5 Å². The maximum Gasteiger partial charge on any atom is 0.225 e. The van der Waals surface area contributed by atoms with E-state index in [4.69, 9.17) is 0 Å². The molecule has 1 heterocycles. The lowest BCUT2D eigenvalue weighted by atomic mass is 9.88. The number of rotatable bonds is 6. The lowest BCUT2D eigenvalue weighted by molar-refractivity contribution is -0.135. The molecule has 1 aliphatic heterocycles. The van der Waals surface area contributed by atoms with E-state index in [1.54, 1.807) is 7.05 Å². The van der Waals surface area contributed by atoms with Gasteiger partial charge in [-0.05, 0) is 44.5 Å². The standard InChI is InChI=1S/C23H37N5O.HI/c1-24-23(25-15-19-11-7-8-12-20(19)16-27(2)3)26-21-13-14-28(17-21)22(29)18-9-5-4-6-10-18;/h7-8,11-12,18,21H,4-6,9-10,13-17H2,1-3H3,(H2,24,25,26);1H. The molecule has 7 heteroatoms. The molecule has 2 fully saturated rings. The average Bonchev–Trinajstić information content (AvgIpc) is 3.20. The number of nitrogens with zero attached hydrogens (tertiary/aromatic N) is 3. The summed E-state index contributed by atoms with van der Waals surface area (Å²) in [6, 6.07) is 8.79. The molecule has 1 atom stereocenters. The number of likely N-dealkylation sites (tertiary alicyclic amines) is 1. The van der Waals surface area contributed by atoms with Gasteiger partial charge in [0.15, 0.2) is 5.96 Å². The molecular weight excluding hydrogens is 489 g/mol. The van der Waals surface area contributed by atoms with Crippen LogP contribution < -0.4 is 10.6 Å². The number of hydrogen-bond donors (Lipinski definition) is 2. The zero-order chi connectivity index (χ0) is 20.6. The molecule has 0 aromatic heterocycles. The van der Waals surface area contributed by atoms with Crippen molar-refractivity contribution in [2.24, 2.45) is 10.9 Å². The fraction of sp³-hybridized carbons (Fsp3) is 0.652. The Kier molecular flexibility index (Phi) is 10.4. The van der Waals surface area contributed by atoms with Gasteiger partial charge in [-0.25, -0.2) is 0 Å². The first kappa shape index (κ1) is 24.9. The molecule has 2 aliphatic rings. The Bertz CT molecular complexity index is 703. The van der Waals surface area contributed by atoms with E-state index in [1.807, 2.05) is 0 Å². The van der Waals surface area contributed by atoms with E-state index < -0.39 is 0 Å². The van der Waals surface area contributed by atoms with Crippen molar-refractivity contribution in [1.29, 1.82) is 0 Å². The fourth-order valence-corrected chi connectivity index (χ4v) is 4.48. The zero-order valence-corrected chi connectivity index (χ0v) is 21.0. The van der Waals surface area contributed by atoms with Crippen molar-refractivity contribution in [2.75, 3.05) is 34.2 Å². The second kappa shape index (κ2) is 12.5. The zero-order valence-electron chi connectivity index (χ0n) is 18.7. The number of aliphatic imine (C=N–C) groups is 1.